The largest absolute Gasteiger partial charge is 0.453 e. The first-order valence-electron chi connectivity index (χ1n) is 6.84. The Kier molecular flexibility index (Phi) is 4.64. The van der Waals surface area contributed by atoms with Gasteiger partial charge in [-0.1, -0.05) is 0 Å². The lowest BCUT2D eigenvalue weighted by Crippen LogP contribution is -2.35. The van der Waals surface area contributed by atoms with Gasteiger partial charge in [-0.2, -0.15) is 0 Å². The van der Waals surface area contributed by atoms with Crippen LogP contribution >= 0.6 is 11.8 Å². The fourth-order valence-electron chi connectivity index (χ4n) is 2.64. The molecule has 0 amide bonds. The van der Waals surface area contributed by atoms with Gasteiger partial charge in [0.2, 0.25) is 0 Å². The van der Waals surface area contributed by atoms with Gasteiger partial charge in [0.25, 0.3) is 5.09 Å². The Hall–Kier alpha value is -1.91. The number of carbonyl (C=O) groups is 1. The van der Waals surface area contributed by atoms with E-state index in [0.29, 0.717) is 10.6 Å². The zero-order chi connectivity index (χ0) is 16.4. The minimum Gasteiger partial charge on any atom is -0.453 e. The molecule has 2 saturated heterocycles. The van der Waals surface area contributed by atoms with E-state index in [1.54, 1.807) is 18.3 Å². The summed E-state index contributed by atoms with van der Waals surface area (Å²) in [4.78, 5) is 31.4. The number of hydrogen-bond acceptors (Lipinski definition) is 9. The van der Waals surface area contributed by atoms with Gasteiger partial charge in [0.05, 0.1) is 18.8 Å². The Labute approximate surface area is 135 Å². The molecule has 0 aliphatic carbocycles. The fourth-order valence-corrected chi connectivity index (χ4v) is 3.18. The van der Waals surface area contributed by atoms with Crippen LogP contribution in [0, 0.1) is 10.1 Å². The number of rotatable bonds is 5. The summed E-state index contributed by atoms with van der Waals surface area (Å²) in [6.07, 6.45) is 0.775. The van der Waals surface area contributed by atoms with Crippen molar-refractivity contribution in [1.29, 1.82) is 0 Å². The predicted octanol–water partition coefficient (Wildman–Crippen LogP) is 0.703. The lowest BCUT2D eigenvalue weighted by atomic mass is 10.1. The van der Waals surface area contributed by atoms with Crippen molar-refractivity contribution in [3.05, 3.63) is 34.0 Å². The molecule has 0 spiro atoms. The van der Waals surface area contributed by atoms with Gasteiger partial charge in [-0.15, -0.1) is 21.9 Å². The molecule has 10 heteroatoms. The molecule has 0 bridgehead atoms. The number of fused-ring (bicyclic) bond motifs is 1. The maximum absolute atomic E-state index is 12.3. The number of ether oxygens (including phenoxy) is 3. The molecule has 0 aromatic carbocycles. The Balaban J connectivity index is 1.66. The maximum Gasteiger partial charge on any atom is 0.341 e. The van der Waals surface area contributed by atoms with Crippen LogP contribution in [-0.2, 0) is 19.0 Å². The molecule has 2 aliphatic heterocycles. The maximum atomic E-state index is 12.3. The molecule has 2 aliphatic rings. The van der Waals surface area contributed by atoms with E-state index in [9.17, 15) is 14.9 Å². The average Bonchev–Trinajstić information content (AvgIpc) is 3.11. The van der Waals surface area contributed by atoms with Gasteiger partial charge < -0.3 is 19.0 Å². The Morgan fingerprint density at radius 1 is 1.39 bits per heavy atom. The van der Waals surface area contributed by atoms with Gasteiger partial charge in [-0.25, -0.2) is 9.78 Å². The highest BCUT2D eigenvalue weighted by Gasteiger charge is 2.51. The minimum atomic E-state index is -0.876. The summed E-state index contributed by atoms with van der Waals surface area (Å²) in [5, 5.41) is 10.1. The molecule has 1 aromatic rings. The summed E-state index contributed by atoms with van der Waals surface area (Å²) < 4.78 is 16.3. The van der Waals surface area contributed by atoms with Gasteiger partial charge in [0.15, 0.2) is 12.2 Å². The van der Waals surface area contributed by atoms with Crippen LogP contribution in [0.25, 0.3) is 0 Å². The normalized spacial score (nSPS) is 29.1. The van der Waals surface area contributed by atoms with Crippen LogP contribution in [0.5, 0.6) is 0 Å². The number of carbonyl (C=O) groups excluding carboxylic acids is 1. The number of nitrogens with zero attached hydrogens (tertiary/aromatic N) is 2. The van der Waals surface area contributed by atoms with Crippen molar-refractivity contribution in [3.63, 3.8) is 0 Å². The lowest BCUT2D eigenvalue weighted by molar-refractivity contribution is -0.769. The molecular formula is C13H14N2O7S. The summed E-state index contributed by atoms with van der Waals surface area (Å²) in [6, 6.07) is 3.28. The van der Waals surface area contributed by atoms with Crippen molar-refractivity contribution in [2.45, 2.75) is 29.4 Å². The molecule has 124 valence electrons. The third-order valence-electron chi connectivity index (χ3n) is 3.63. The number of hydrogen-bond donors (Lipinski definition) is 0. The third-order valence-corrected chi connectivity index (χ3v) is 4.34. The molecule has 2 fully saturated rings. The molecule has 23 heavy (non-hydrogen) atoms. The highest BCUT2D eigenvalue weighted by atomic mass is 32.2. The van der Waals surface area contributed by atoms with Crippen LogP contribution in [0.2, 0.25) is 0 Å². The molecule has 9 nitrogen and oxygen atoms in total. The summed E-state index contributed by atoms with van der Waals surface area (Å²) in [7, 11) is 0. The fraction of sp³-hybridized carbons (Fsp3) is 0.538. The van der Waals surface area contributed by atoms with Crippen LogP contribution in [0.15, 0.2) is 23.4 Å². The Morgan fingerprint density at radius 3 is 2.78 bits per heavy atom. The standard InChI is InChI=1S/C13H14N2O7S/c1-23-12-7(3-2-4-14-12)13(16)21-8-5-19-11-9(22-15(17)18)6-20-10(8)11/h2-4,8-11H,5-6H2,1H3/t8-,9+,10-,11-/m1/s1. The smallest absolute Gasteiger partial charge is 0.341 e. The van der Waals surface area contributed by atoms with Crippen molar-refractivity contribution in [3.8, 4) is 0 Å². The van der Waals surface area contributed by atoms with E-state index in [2.05, 4.69) is 9.82 Å². The van der Waals surface area contributed by atoms with Crippen molar-refractivity contribution in [2.24, 2.45) is 0 Å². The number of esters is 1. The lowest BCUT2D eigenvalue weighted by Gasteiger charge is -2.17. The zero-order valence-corrected chi connectivity index (χ0v) is 12.9. The number of thioether (sulfide) groups is 1. The second kappa shape index (κ2) is 6.69. The van der Waals surface area contributed by atoms with Crippen LogP contribution in [0.1, 0.15) is 10.4 Å². The van der Waals surface area contributed by atoms with Gasteiger partial charge in [0, 0.05) is 6.20 Å². The van der Waals surface area contributed by atoms with Crippen molar-refractivity contribution in [2.75, 3.05) is 19.5 Å². The van der Waals surface area contributed by atoms with E-state index < -0.39 is 35.5 Å². The molecular weight excluding hydrogens is 328 g/mol. The van der Waals surface area contributed by atoms with E-state index >= 15 is 0 Å². The van der Waals surface area contributed by atoms with Crippen LogP contribution in [-0.4, -0.2) is 59.9 Å². The highest BCUT2D eigenvalue weighted by molar-refractivity contribution is 7.98. The van der Waals surface area contributed by atoms with E-state index in [1.807, 2.05) is 6.26 Å². The summed E-state index contributed by atoms with van der Waals surface area (Å²) in [5.41, 5.74) is 0.361. The SMILES string of the molecule is CSc1ncccc1C(=O)O[C@@H]1CO[C@H]2[C@@H]1OC[C@@H]2O[N+](=O)[O-]. The second-order valence-corrected chi connectivity index (χ2v) is 5.76. The summed E-state index contributed by atoms with van der Waals surface area (Å²) in [5.74, 6) is -0.529. The van der Waals surface area contributed by atoms with Gasteiger partial charge in [-0.05, 0) is 18.4 Å². The van der Waals surface area contributed by atoms with E-state index in [-0.39, 0.29) is 13.2 Å². The molecule has 3 rings (SSSR count). The molecule has 4 atom stereocenters. The van der Waals surface area contributed by atoms with Crippen LogP contribution < -0.4 is 0 Å². The molecule has 0 radical (unpaired) electrons. The minimum absolute atomic E-state index is 0.0211. The first kappa shape index (κ1) is 16.0. The van der Waals surface area contributed by atoms with Gasteiger partial charge >= 0.3 is 5.97 Å². The first-order chi connectivity index (χ1) is 11.1. The average molecular weight is 342 g/mol. The van der Waals surface area contributed by atoms with E-state index in [0.717, 1.165) is 0 Å². The molecule has 0 saturated carbocycles. The van der Waals surface area contributed by atoms with Crippen molar-refractivity contribution >= 4 is 17.7 Å². The van der Waals surface area contributed by atoms with E-state index in [4.69, 9.17) is 14.2 Å². The number of aromatic nitrogens is 1. The van der Waals surface area contributed by atoms with Gasteiger partial charge in [-0.3, -0.25) is 0 Å². The monoisotopic (exact) mass is 342 g/mol. The summed E-state index contributed by atoms with van der Waals surface area (Å²) >= 11 is 1.34. The first-order valence-corrected chi connectivity index (χ1v) is 8.07. The topological polar surface area (TPSA) is 110 Å². The summed E-state index contributed by atoms with van der Waals surface area (Å²) in [6.45, 7) is 0.126. The zero-order valence-electron chi connectivity index (χ0n) is 12.1. The van der Waals surface area contributed by atoms with E-state index in [1.165, 1.54) is 11.8 Å². The van der Waals surface area contributed by atoms with Crippen molar-refractivity contribution in [1.82, 2.24) is 4.98 Å². The Bertz CT molecular complexity index is 614. The quantitative estimate of drug-likeness (QED) is 0.330. The molecule has 3 heterocycles. The van der Waals surface area contributed by atoms with Crippen molar-refractivity contribution < 1.29 is 28.9 Å². The molecule has 0 N–H and O–H groups in total. The number of pyridine rings is 1. The Morgan fingerprint density at radius 2 is 2.09 bits per heavy atom. The predicted molar refractivity (Wildman–Crippen MR) is 76.6 cm³/mol. The van der Waals surface area contributed by atoms with Gasteiger partial charge in [0.1, 0.15) is 17.2 Å². The third kappa shape index (κ3) is 3.23. The highest BCUT2D eigenvalue weighted by Crippen LogP contribution is 2.31. The molecule has 0 unspecified atom stereocenters. The van der Waals surface area contributed by atoms with Crippen LogP contribution in [0.3, 0.4) is 0 Å². The van der Waals surface area contributed by atoms with Crippen LogP contribution in [0.4, 0.5) is 0 Å². The second-order valence-electron chi connectivity index (χ2n) is 4.97. The molecule has 1 aromatic heterocycles.